The molecule has 0 fully saturated rings. The minimum absolute atomic E-state index is 0.123. The van der Waals surface area contributed by atoms with Crippen molar-refractivity contribution in [1.29, 1.82) is 0 Å². The number of ether oxygens (including phenoxy) is 3. The predicted octanol–water partition coefficient (Wildman–Crippen LogP) is 2.07. The van der Waals surface area contributed by atoms with Crippen molar-refractivity contribution in [3.63, 3.8) is 0 Å². The first-order valence-electron chi connectivity index (χ1n) is 6.27. The van der Waals surface area contributed by atoms with Crippen LogP contribution in [0.5, 0.6) is 0 Å². The lowest BCUT2D eigenvalue weighted by Gasteiger charge is -2.20. The SMILES string of the molecule is CC(C)OC(=O)C[C@@H](OC(C)C)C(=O)OC(C)C. The van der Waals surface area contributed by atoms with Crippen molar-refractivity contribution >= 4 is 11.9 Å². The minimum atomic E-state index is -0.904. The van der Waals surface area contributed by atoms with E-state index in [9.17, 15) is 9.59 Å². The van der Waals surface area contributed by atoms with Crippen molar-refractivity contribution in [2.75, 3.05) is 0 Å². The molecule has 0 aromatic heterocycles. The van der Waals surface area contributed by atoms with E-state index >= 15 is 0 Å². The van der Waals surface area contributed by atoms with E-state index in [1.807, 2.05) is 0 Å². The average molecular weight is 260 g/mol. The van der Waals surface area contributed by atoms with Crippen LogP contribution in [0.25, 0.3) is 0 Å². The van der Waals surface area contributed by atoms with Crippen molar-refractivity contribution in [3.8, 4) is 0 Å². The van der Waals surface area contributed by atoms with Gasteiger partial charge in [0.1, 0.15) is 0 Å². The molecule has 18 heavy (non-hydrogen) atoms. The van der Waals surface area contributed by atoms with E-state index < -0.39 is 18.0 Å². The van der Waals surface area contributed by atoms with Gasteiger partial charge in [-0.1, -0.05) is 0 Å². The van der Waals surface area contributed by atoms with Gasteiger partial charge in [-0.25, -0.2) is 4.79 Å². The molecular weight excluding hydrogens is 236 g/mol. The maximum Gasteiger partial charge on any atom is 0.336 e. The molecule has 0 rings (SSSR count). The number of carbonyl (C=O) groups is 2. The summed E-state index contributed by atoms with van der Waals surface area (Å²) in [5, 5.41) is 0. The Morgan fingerprint density at radius 1 is 0.833 bits per heavy atom. The summed E-state index contributed by atoms with van der Waals surface area (Å²) in [6, 6.07) is 0. The summed E-state index contributed by atoms with van der Waals surface area (Å²) >= 11 is 0. The fraction of sp³-hybridized carbons (Fsp3) is 0.846. The van der Waals surface area contributed by atoms with Crippen molar-refractivity contribution < 1.29 is 23.8 Å². The van der Waals surface area contributed by atoms with Crippen LogP contribution in [-0.4, -0.2) is 36.4 Å². The van der Waals surface area contributed by atoms with Gasteiger partial charge in [-0.05, 0) is 41.5 Å². The molecule has 0 aliphatic heterocycles. The number of carbonyl (C=O) groups excluding carboxylic acids is 2. The van der Waals surface area contributed by atoms with Gasteiger partial charge in [0.25, 0.3) is 0 Å². The van der Waals surface area contributed by atoms with Gasteiger partial charge in [-0.2, -0.15) is 0 Å². The highest BCUT2D eigenvalue weighted by atomic mass is 16.6. The standard InChI is InChI=1S/C13H24O5/c1-8(2)16-11(13(15)18-10(5)6)7-12(14)17-9(3)4/h8-11H,7H2,1-6H3/t11-/m1/s1. The summed E-state index contributed by atoms with van der Waals surface area (Å²) in [7, 11) is 0. The Morgan fingerprint density at radius 2 is 1.33 bits per heavy atom. The molecule has 0 saturated carbocycles. The molecule has 0 heterocycles. The molecule has 0 bridgehead atoms. The molecule has 0 N–H and O–H groups in total. The van der Waals surface area contributed by atoms with Gasteiger partial charge in [-0.15, -0.1) is 0 Å². The summed E-state index contributed by atoms with van der Waals surface area (Å²) < 4.78 is 15.4. The van der Waals surface area contributed by atoms with Gasteiger partial charge < -0.3 is 14.2 Å². The van der Waals surface area contributed by atoms with E-state index in [1.54, 1.807) is 41.5 Å². The van der Waals surface area contributed by atoms with Gasteiger partial charge in [-0.3, -0.25) is 4.79 Å². The lowest BCUT2D eigenvalue weighted by Crippen LogP contribution is -2.34. The highest BCUT2D eigenvalue weighted by molar-refractivity contribution is 5.82. The van der Waals surface area contributed by atoms with E-state index in [4.69, 9.17) is 14.2 Å². The number of esters is 2. The highest BCUT2D eigenvalue weighted by Crippen LogP contribution is 2.09. The molecular formula is C13H24O5. The first kappa shape index (κ1) is 16.9. The third kappa shape index (κ3) is 8.06. The Morgan fingerprint density at radius 3 is 1.72 bits per heavy atom. The Bertz CT molecular complexity index is 271. The molecule has 0 radical (unpaired) electrons. The van der Waals surface area contributed by atoms with E-state index in [0.29, 0.717) is 0 Å². The Hall–Kier alpha value is -1.10. The predicted molar refractivity (Wildman–Crippen MR) is 67.1 cm³/mol. The second-order valence-corrected chi connectivity index (χ2v) is 4.90. The van der Waals surface area contributed by atoms with Gasteiger partial charge in [0, 0.05) is 0 Å². The van der Waals surface area contributed by atoms with Crippen LogP contribution in [0, 0.1) is 0 Å². The van der Waals surface area contributed by atoms with E-state index in [-0.39, 0.29) is 24.7 Å². The first-order valence-corrected chi connectivity index (χ1v) is 6.27. The third-order valence-corrected chi connectivity index (χ3v) is 1.77. The van der Waals surface area contributed by atoms with E-state index in [0.717, 1.165) is 0 Å². The lowest BCUT2D eigenvalue weighted by molar-refractivity contribution is -0.170. The fourth-order valence-electron chi connectivity index (χ4n) is 1.29. The quantitative estimate of drug-likeness (QED) is 0.656. The molecule has 1 atom stereocenters. The van der Waals surface area contributed by atoms with Crippen LogP contribution in [0.4, 0.5) is 0 Å². The van der Waals surface area contributed by atoms with Crippen LogP contribution in [0.1, 0.15) is 48.0 Å². The van der Waals surface area contributed by atoms with Crippen LogP contribution in [0.15, 0.2) is 0 Å². The van der Waals surface area contributed by atoms with Crippen LogP contribution in [-0.2, 0) is 23.8 Å². The van der Waals surface area contributed by atoms with Crippen molar-refractivity contribution in [3.05, 3.63) is 0 Å². The zero-order chi connectivity index (χ0) is 14.3. The van der Waals surface area contributed by atoms with Crippen molar-refractivity contribution in [2.24, 2.45) is 0 Å². The molecule has 0 unspecified atom stereocenters. The minimum Gasteiger partial charge on any atom is -0.463 e. The Balaban J connectivity index is 4.48. The second kappa shape index (κ2) is 8.08. The molecule has 0 aromatic rings. The third-order valence-electron chi connectivity index (χ3n) is 1.77. The summed E-state index contributed by atoms with van der Waals surface area (Å²) in [5.41, 5.74) is 0. The van der Waals surface area contributed by atoms with Crippen LogP contribution in [0.3, 0.4) is 0 Å². The van der Waals surface area contributed by atoms with Crippen LogP contribution >= 0.6 is 0 Å². The van der Waals surface area contributed by atoms with Crippen LogP contribution in [0.2, 0.25) is 0 Å². The Kier molecular flexibility index (Phi) is 7.59. The molecule has 0 spiro atoms. The maximum absolute atomic E-state index is 11.8. The smallest absolute Gasteiger partial charge is 0.336 e. The summed E-state index contributed by atoms with van der Waals surface area (Å²) in [6.07, 6.45) is -1.64. The Labute approximate surface area is 109 Å². The monoisotopic (exact) mass is 260 g/mol. The fourth-order valence-corrected chi connectivity index (χ4v) is 1.29. The number of hydrogen-bond donors (Lipinski definition) is 0. The van der Waals surface area contributed by atoms with Gasteiger partial charge in [0.05, 0.1) is 24.7 Å². The number of rotatable bonds is 7. The van der Waals surface area contributed by atoms with Gasteiger partial charge >= 0.3 is 11.9 Å². The summed E-state index contributed by atoms with van der Waals surface area (Å²) in [6.45, 7) is 10.6. The zero-order valence-corrected chi connectivity index (χ0v) is 12.1. The summed E-state index contributed by atoms with van der Waals surface area (Å²) in [4.78, 5) is 23.3. The molecule has 0 saturated heterocycles. The maximum atomic E-state index is 11.8. The first-order chi connectivity index (χ1) is 8.22. The molecule has 5 heteroatoms. The highest BCUT2D eigenvalue weighted by Gasteiger charge is 2.27. The second-order valence-electron chi connectivity index (χ2n) is 4.90. The molecule has 0 aliphatic carbocycles. The van der Waals surface area contributed by atoms with Gasteiger partial charge in [0.15, 0.2) is 6.10 Å². The van der Waals surface area contributed by atoms with Crippen molar-refractivity contribution in [2.45, 2.75) is 72.4 Å². The molecule has 5 nitrogen and oxygen atoms in total. The largest absolute Gasteiger partial charge is 0.463 e. The average Bonchev–Trinajstić information content (AvgIpc) is 2.13. The van der Waals surface area contributed by atoms with E-state index in [2.05, 4.69) is 0 Å². The molecule has 0 aliphatic rings. The van der Waals surface area contributed by atoms with Crippen molar-refractivity contribution in [1.82, 2.24) is 0 Å². The summed E-state index contributed by atoms with van der Waals surface area (Å²) in [5.74, 6) is -0.990. The molecule has 0 amide bonds. The van der Waals surface area contributed by atoms with Gasteiger partial charge in [0.2, 0.25) is 0 Å². The topological polar surface area (TPSA) is 61.8 Å². The number of hydrogen-bond acceptors (Lipinski definition) is 5. The zero-order valence-electron chi connectivity index (χ0n) is 12.1. The van der Waals surface area contributed by atoms with E-state index in [1.165, 1.54) is 0 Å². The van der Waals surface area contributed by atoms with Crippen LogP contribution < -0.4 is 0 Å². The molecule has 0 aromatic carbocycles. The lowest BCUT2D eigenvalue weighted by atomic mass is 10.2. The molecule has 106 valence electrons. The normalized spacial score (nSPS) is 12.9.